The Morgan fingerprint density at radius 2 is 1.92 bits per heavy atom. The molecule has 2 nitrogen and oxygen atoms in total. The van der Waals surface area contributed by atoms with Crippen LogP contribution in [0.4, 0.5) is 5.69 Å². The van der Waals surface area contributed by atoms with E-state index >= 15 is 0 Å². The molecule has 0 radical (unpaired) electrons. The van der Waals surface area contributed by atoms with Crippen LogP contribution in [-0.2, 0) is 0 Å². The lowest BCUT2D eigenvalue weighted by Crippen LogP contribution is -1.93. The van der Waals surface area contributed by atoms with Crippen molar-refractivity contribution in [1.29, 1.82) is 0 Å². The summed E-state index contributed by atoms with van der Waals surface area (Å²) in [5.41, 5.74) is 2.24. The zero-order valence-corrected chi connectivity index (χ0v) is 9.14. The summed E-state index contributed by atoms with van der Waals surface area (Å²) in [7, 11) is 3.56. The molecule has 0 heterocycles. The average Bonchev–Trinajstić information content (AvgIpc) is 2.20. The smallest absolute Gasteiger partial charge is 0.142 e. The van der Waals surface area contributed by atoms with E-state index in [0.29, 0.717) is 0 Å². The SMILES string of the molecule is CC.CNc1ccc(C)cc1OC.[HH]. The molecule has 0 aromatic heterocycles. The lowest BCUT2D eigenvalue weighted by atomic mass is 10.2. The largest absolute Gasteiger partial charge is 0.495 e. The molecule has 0 atom stereocenters. The van der Waals surface area contributed by atoms with Crippen molar-refractivity contribution in [3.63, 3.8) is 0 Å². The van der Waals surface area contributed by atoms with Gasteiger partial charge in [0.05, 0.1) is 12.8 Å². The minimum absolute atomic E-state index is 0. The molecule has 76 valence electrons. The molecule has 1 rings (SSSR count). The molecule has 1 N–H and O–H groups in total. The van der Waals surface area contributed by atoms with Crippen LogP contribution in [0.5, 0.6) is 5.75 Å². The molecular formula is C11H21NO. The van der Waals surface area contributed by atoms with E-state index in [0.717, 1.165) is 11.4 Å². The molecule has 0 saturated carbocycles. The van der Waals surface area contributed by atoms with Crippen LogP contribution in [0.1, 0.15) is 20.8 Å². The minimum Gasteiger partial charge on any atom is -0.495 e. The van der Waals surface area contributed by atoms with Gasteiger partial charge in [-0.15, -0.1) is 0 Å². The first-order valence-electron chi connectivity index (χ1n) is 4.60. The standard InChI is InChI=1S/C9H13NO.C2H6.H2/c1-7-4-5-8(10-2)9(6-7)11-3;1-2;/h4-6,10H,1-3H3;1-2H3;1H. The Bertz CT molecular complexity index is 251. The number of aryl methyl sites for hydroxylation is 1. The van der Waals surface area contributed by atoms with Gasteiger partial charge >= 0.3 is 0 Å². The molecule has 13 heavy (non-hydrogen) atoms. The summed E-state index contributed by atoms with van der Waals surface area (Å²) in [6.07, 6.45) is 0. The average molecular weight is 183 g/mol. The van der Waals surface area contributed by atoms with Crippen molar-refractivity contribution in [3.8, 4) is 5.75 Å². The third-order valence-electron chi connectivity index (χ3n) is 1.63. The van der Waals surface area contributed by atoms with Gasteiger partial charge in [0.1, 0.15) is 5.75 Å². The van der Waals surface area contributed by atoms with Crippen molar-refractivity contribution < 1.29 is 6.16 Å². The molecule has 0 amide bonds. The summed E-state index contributed by atoms with van der Waals surface area (Å²) in [6.45, 7) is 6.04. The second-order valence-electron chi connectivity index (χ2n) is 2.45. The van der Waals surface area contributed by atoms with Gasteiger partial charge < -0.3 is 10.1 Å². The van der Waals surface area contributed by atoms with E-state index in [2.05, 4.69) is 5.32 Å². The molecular weight excluding hydrogens is 162 g/mol. The van der Waals surface area contributed by atoms with Gasteiger partial charge in [0.2, 0.25) is 0 Å². The van der Waals surface area contributed by atoms with Gasteiger partial charge in [0, 0.05) is 8.47 Å². The van der Waals surface area contributed by atoms with Crippen LogP contribution in [0, 0.1) is 6.92 Å². The molecule has 0 unspecified atom stereocenters. The van der Waals surface area contributed by atoms with E-state index in [1.54, 1.807) is 7.11 Å². The zero-order valence-electron chi connectivity index (χ0n) is 9.14. The van der Waals surface area contributed by atoms with Crippen molar-refractivity contribution in [3.05, 3.63) is 23.8 Å². The molecule has 0 aliphatic carbocycles. The Morgan fingerprint density at radius 3 is 2.38 bits per heavy atom. The lowest BCUT2D eigenvalue weighted by Gasteiger charge is -2.07. The summed E-state index contributed by atoms with van der Waals surface area (Å²) in [5.74, 6) is 0.896. The molecule has 1 aromatic carbocycles. The van der Waals surface area contributed by atoms with E-state index in [1.165, 1.54) is 5.56 Å². The van der Waals surface area contributed by atoms with Crippen LogP contribution in [0.2, 0.25) is 0 Å². The fourth-order valence-electron chi connectivity index (χ4n) is 1.00. The maximum atomic E-state index is 5.15. The Labute approximate surface area is 82.4 Å². The Morgan fingerprint density at radius 1 is 1.31 bits per heavy atom. The van der Waals surface area contributed by atoms with Crippen molar-refractivity contribution in [2.45, 2.75) is 20.8 Å². The number of benzene rings is 1. The van der Waals surface area contributed by atoms with Gasteiger partial charge in [-0.25, -0.2) is 0 Å². The number of rotatable bonds is 2. The summed E-state index contributed by atoms with van der Waals surface area (Å²) >= 11 is 0. The van der Waals surface area contributed by atoms with Crippen molar-refractivity contribution >= 4 is 5.69 Å². The van der Waals surface area contributed by atoms with Crippen molar-refractivity contribution in [2.75, 3.05) is 19.5 Å². The summed E-state index contributed by atoms with van der Waals surface area (Å²) < 4.78 is 5.15. The predicted octanol–water partition coefficient (Wildman–Crippen LogP) is 3.32. The maximum Gasteiger partial charge on any atom is 0.142 e. The zero-order chi connectivity index (χ0) is 10.3. The molecule has 1 aromatic rings. The summed E-state index contributed by atoms with van der Waals surface area (Å²) in [5, 5.41) is 3.05. The highest BCUT2D eigenvalue weighted by atomic mass is 16.5. The first kappa shape index (κ1) is 11.8. The molecule has 2 heteroatoms. The molecule has 0 bridgehead atoms. The van der Waals surface area contributed by atoms with Crippen molar-refractivity contribution in [1.82, 2.24) is 0 Å². The van der Waals surface area contributed by atoms with Crippen LogP contribution >= 0.6 is 0 Å². The summed E-state index contributed by atoms with van der Waals surface area (Å²) in [4.78, 5) is 0. The number of nitrogens with one attached hydrogen (secondary N) is 1. The lowest BCUT2D eigenvalue weighted by molar-refractivity contribution is 0.416. The second kappa shape index (κ2) is 6.35. The van der Waals surface area contributed by atoms with Crippen LogP contribution < -0.4 is 10.1 Å². The Balaban J connectivity index is 0. The van der Waals surface area contributed by atoms with E-state index in [9.17, 15) is 0 Å². The van der Waals surface area contributed by atoms with Crippen LogP contribution in [0.15, 0.2) is 18.2 Å². The second-order valence-corrected chi connectivity index (χ2v) is 2.45. The van der Waals surface area contributed by atoms with E-state index in [-0.39, 0.29) is 1.43 Å². The topological polar surface area (TPSA) is 21.3 Å². The molecule has 0 aliphatic rings. The van der Waals surface area contributed by atoms with E-state index in [1.807, 2.05) is 46.0 Å². The van der Waals surface area contributed by atoms with Gasteiger partial charge in [-0.2, -0.15) is 0 Å². The van der Waals surface area contributed by atoms with Gasteiger partial charge in [-0.3, -0.25) is 0 Å². The predicted molar refractivity (Wildman–Crippen MR) is 60.7 cm³/mol. The number of anilines is 1. The first-order chi connectivity index (χ1) is 6.27. The molecule has 0 fully saturated rings. The quantitative estimate of drug-likeness (QED) is 0.759. The minimum atomic E-state index is 0. The van der Waals surface area contributed by atoms with Gasteiger partial charge in [-0.05, 0) is 24.6 Å². The molecule has 0 saturated heterocycles. The maximum absolute atomic E-state index is 5.15. The summed E-state index contributed by atoms with van der Waals surface area (Å²) in [6, 6.07) is 6.06. The monoisotopic (exact) mass is 183 g/mol. The van der Waals surface area contributed by atoms with Crippen LogP contribution in [0.3, 0.4) is 0 Å². The molecule has 0 aliphatic heterocycles. The fourth-order valence-corrected chi connectivity index (χ4v) is 1.00. The Hall–Kier alpha value is -1.18. The number of methoxy groups -OCH3 is 1. The fraction of sp³-hybridized carbons (Fsp3) is 0.455. The Kier molecular flexibility index (Phi) is 5.77. The molecule has 0 spiro atoms. The van der Waals surface area contributed by atoms with Gasteiger partial charge in [-0.1, -0.05) is 19.9 Å². The van der Waals surface area contributed by atoms with Gasteiger partial charge in [0.15, 0.2) is 0 Å². The van der Waals surface area contributed by atoms with Crippen molar-refractivity contribution in [2.24, 2.45) is 0 Å². The number of ether oxygens (including phenoxy) is 1. The number of hydrogen-bond donors (Lipinski definition) is 1. The van der Waals surface area contributed by atoms with E-state index < -0.39 is 0 Å². The number of hydrogen-bond acceptors (Lipinski definition) is 2. The van der Waals surface area contributed by atoms with Gasteiger partial charge in [0.25, 0.3) is 0 Å². The highest BCUT2D eigenvalue weighted by Gasteiger charge is 1.98. The highest BCUT2D eigenvalue weighted by molar-refractivity contribution is 5.57. The third-order valence-corrected chi connectivity index (χ3v) is 1.63. The first-order valence-corrected chi connectivity index (χ1v) is 4.60. The normalized spacial score (nSPS) is 8.38. The van der Waals surface area contributed by atoms with Crippen LogP contribution in [0.25, 0.3) is 0 Å². The van der Waals surface area contributed by atoms with E-state index in [4.69, 9.17) is 4.74 Å². The van der Waals surface area contributed by atoms with Crippen LogP contribution in [-0.4, -0.2) is 14.2 Å². The third kappa shape index (κ3) is 3.36. The highest BCUT2D eigenvalue weighted by Crippen LogP contribution is 2.24.